The van der Waals surface area contributed by atoms with Gasteiger partial charge in [-0.1, -0.05) is 29.3 Å². The zero-order valence-corrected chi connectivity index (χ0v) is 19.7. The molecule has 3 aromatic rings. The molecule has 1 saturated heterocycles. The van der Waals surface area contributed by atoms with Gasteiger partial charge in [-0.2, -0.15) is 0 Å². The maximum Gasteiger partial charge on any atom is 0.254 e. The molecular weight excluding hydrogens is 434 g/mol. The number of fused-ring (bicyclic) bond motifs is 2. The van der Waals surface area contributed by atoms with Crippen molar-refractivity contribution in [3.8, 4) is 0 Å². The molecule has 5 nitrogen and oxygen atoms in total. The van der Waals surface area contributed by atoms with Gasteiger partial charge >= 0.3 is 0 Å². The third-order valence-corrected chi connectivity index (χ3v) is 7.02. The van der Waals surface area contributed by atoms with E-state index in [4.69, 9.17) is 16.6 Å². The smallest absolute Gasteiger partial charge is 0.254 e. The summed E-state index contributed by atoms with van der Waals surface area (Å²) in [7, 11) is 0. The van der Waals surface area contributed by atoms with Crippen molar-refractivity contribution < 1.29 is 14.7 Å². The van der Waals surface area contributed by atoms with E-state index in [2.05, 4.69) is 18.2 Å². The van der Waals surface area contributed by atoms with Crippen LogP contribution in [0.25, 0.3) is 5.57 Å². The highest BCUT2D eigenvalue weighted by atomic mass is 35.5. The van der Waals surface area contributed by atoms with Crippen LogP contribution in [0.15, 0.2) is 54.2 Å². The molecule has 33 heavy (non-hydrogen) atoms. The lowest BCUT2D eigenvalue weighted by Gasteiger charge is -2.30. The van der Waals surface area contributed by atoms with Crippen molar-refractivity contribution in [1.29, 1.82) is 0 Å². The molecule has 0 unspecified atom stereocenters. The van der Waals surface area contributed by atoms with Gasteiger partial charge in [-0.25, -0.2) is 0 Å². The second-order valence-electron chi connectivity index (χ2n) is 8.92. The summed E-state index contributed by atoms with van der Waals surface area (Å²) in [5.41, 5.74) is 9.28. The number of nitrogens with zero attached hydrogens (tertiary/aromatic N) is 3. The number of aromatic nitrogens is 2. The van der Waals surface area contributed by atoms with Gasteiger partial charge in [0.1, 0.15) is 0 Å². The molecule has 1 N–H and O–H groups in total. The van der Waals surface area contributed by atoms with E-state index in [1.807, 2.05) is 23.2 Å². The number of hydrogen-bond acceptors (Lipinski definition) is 3. The highest BCUT2D eigenvalue weighted by molar-refractivity contribution is 6.30. The number of hydrogen-bond donors (Lipinski definition) is 1. The quantitative estimate of drug-likeness (QED) is 0.422. The monoisotopic (exact) mass is 460 g/mol. The summed E-state index contributed by atoms with van der Waals surface area (Å²) in [6.07, 6.45) is 5.36. The minimum Gasteiger partial charge on any atom is -0.338 e. The SMILES string of the molecule is Cc1cc(C(=O)N2CCC(=C3c4ccc(Cl)cc4CCc4cccnc43)CC2)cc(C)[n+]1O. The molecule has 5 rings (SSSR count). The number of halogens is 1. The molecule has 2 aliphatic rings. The number of benzene rings is 1. The van der Waals surface area contributed by atoms with E-state index in [1.165, 1.54) is 27.8 Å². The molecule has 1 amide bonds. The Bertz CT molecular complexity index is 1270. The molecule has 1 aliphatic heterocycles. The molecule has 0 saturated carbocycles. The molecule has 168 valence electrons. The van der Waals surface area contributed by atoms with Crippen molar-refractivity contribution in [2.75, 3.05) is 13.1 Å². The molecule has 2 aromatic heterocycles. The van der Waals surface area contributed by atoms with Crippen molar-refractivity contribution in [2.45, 2.75) is 39.5 Å². The first-order valence-corrected chi connectivity index (χ1v) is 11.8. The van der Waals surface area contributed by atoms with Gasteiger partial charge in [0.2, 0.25) is 11.4 Å². The molecule has 6 heteroatoms. The number of carbonyl (C=O) groups excluding carboxylic acids is 1. The van der Waals surface area contributed by atoms with Crippen molar-refractivity contribution in [3.63, 3.8) is 0 Å². The van der Waals surface area contributed by atoms with E-state index in [0.717, 1.165) is 41.1 Å². The summed E-state index contributed by atoms with van der Waals surface area (Å²) in [4.78, 5) is 19.9. The number of rotatable bonds is 1. The highest BCUT2D eigenvalue weighted by Gasteiger charge is 2.28. The van der Waals surface area contributed by atoms with Crippen LogP contribution in [0.5, 0.6) is 0 Å². The summed E-state index contributed by atoms with van der Waals surface area (Å²) < 4.78 is 1.11. The van der Waals surface area contributed by atoms with E-state index in [9.17, 15) is 10.0 Å². The summed E-state index contributed by atoms with van der Waals surface area (Å²) in [6.45, 7) is 4.91. The summed E-state index contributed by atoms with van der Waals surface area (Å²) in [5.74, 6) is 0.0115. The predicted octanol–water partition coefficient (Wildman–Crippen LogP) is 4.71. The second kappa shape index (κ2) is 8.64. The van der Waals surface area contributed by atoms with Crippen LogP contribution in [0.4, 0.5) is 0 Å². The van der Waals surface area contributed by atoms with Crippen LogP contribution in [-0.2, 0) is 12.8 Å². The van der Waals surface area contributed by atoms with Gasteiger partial charge in [0.05, 0.1) is 11.3 Å². The van der Waals surface area contributed by atoms with Gasteiger partial charge in [0.25, 0.3) is 5.91 Å². The molecule has 0 spiro atoms. The lowest BCUT2D eigenvalue weighted by Crippen LogP contribution is -2.40. The number of pyridine rings is 2. The van der Waals surface area contributed by atoms with Gasteiger partial charge in [-0.05, 0) is 60.6 Å². The summed E-state index contributed by atoms with van der Waals surface area (Å²) >= 11 is 6.33. The second-order valence-corrected chi connectivity index (χ2v) is 9.36. The molecule has 1 fully saturated rings. The average Bonchev–Trinajstić information content (AvgIpc) is 2.98. The van der Waals surface area contributed by atoms with E-state index in [1.54, 1.807) is 26.0 Å². The Morgan fingerprint density at radius 1 is 1.00 bits per heavy atom. The average molecular weight is 461 g/mol. The number of carbonyl (C=O) groups is 1. The first kappa shape index (κ1) is 21.7. The normalized spacial score (nSPS) is 15.7. The Morgan fingerprint density at radius 3 is 2.42 bits per heavy atom. The first-order valence-electron chi connectivity index (χ1n) is 11.4. The van der Waals surface area contributed by atoms with Gasteiger partial charge in [-0.3, -0.25) is 15.0 Å². The maximum atomic E-state index is 13.2. The standard InChI is InChI=1S/C27H27ClN3O2/c1-17-14-22(15-18(2)31(17)33)27(32)30-12-9-19(10-13-30)25-24-8-7-23(28)16-21(24)6-5-20-4-3-11-29-26(20)25/h3-4,7-8,11,14-16,33H,5-6,9-10,12-13H2,1-2H3/q+1. The third-order valence-electron chi connectivity index (χ3n) is 6.78. The van der Waals surface area contributed by atoms with Crippen LogP contribution >= 0.6 is 11.6 Å². The Kier molecular flexibility index (Phi) is 5.67. The molecule has 0 bridgehead atoms. The van der Waals surface area contributed by atoms with Crippen molar-refractivity contribution >= 4 is 23.1 Å². The van der Waals surface area contributed by atoms with E-state index < -0.39 is 0 Å². The van der Waals surface area contributed by atoms with Crippen molar-refractivity contribution in [2.24, 2.45) is 0 Å². The predicted molar refractivity (Wildman–Crippen MR) is 128 cm³/mol. The lowest BCUT2D eigenvalue weighted by molar-refractivity contribution is -0.912. The van der Waals surface area contributed by atoms with Gasteiger partial charge < -0.3 is 4.90 Å². The number of aryl methyl sites for hydroxylation is 4. The van der Waals surface area contributed by atoms with E-state index >= 15 is 0 Å². The number of piperidine rings is 1. The van der Waals surface area contributed by atoms with Crippen LogP contribution in [0.3, 0.4) is 0 Å². The van der Waals surface area contributed by atoms with E-state index in [0.29, 0.717) is 30.0 Å². The molecule has 1 aliphatic carbocycles. The highest BCUT2D eigenvalue weighted by Crippen LogP contribution is 2.38. The number of amides is 1. The minimum atomic E-state index is 0.0115. The molecule has 1 aromatic carbocycles. The lowest BCUT2D eigenvalue weighted by atomic mass is 9.88. The van der Waals surface area contributed by atoms with Gasteiger partial charge in [-0.15, -0.1) is 0 Å². The minimum absolute atomic E-state index is 0.0115. The fourth-order valence-corrected chi connectivity index (χ4v) is 5.26. The Morgan fingerprint density at radius 2 is 1.70 bits per heavy atom. The topological polar surface area (TPSA) is 57.3 Å². The van der Waals surface area contributed by atoms with Gasteiger partial charge in [0, 0.05) is 60.6 Å². The summed E-state index contributed by atoms with van der Waals surface area (Å²) in [5, 5.41) is 10.7. The molecular formula is C27H27ClN3O2+. The maximum absolute atomic E-state index is 13.2. The first-order chi connectivity index (χ1) is 15.9. The Balaban J connectivity index is 1.48. The number of likely N-dealkylation sites (tertiary alicyclic amines) is 1. The van der Waals surface area contributed by atoms with Gasteiger partial charge in [0.15, 0.2) is 0 Å². The van der Waals surface area contributed by atoms with E-state index in [-0.39, 0.29) is 5.91 Å². The Hall–Kier alpha value is -3.18. The zero-order chi connectivity index (χ0) is 23.1. The van der Waals surface area contributed by atoms with Crippen molar-refractivity contribution in [1.82, 2.24) is 9.88 Å². The molecule has 3 heterocycles. The fourth-order valence-electron chi connectivity index (χ4n) is 5.06. The zero-order valence-electron chi connectivity index (χ0n) is 18.9. The third kappa shape index (κ3) is 4.02. The van der Waals surface area contributed by atoms with Crippen molar-refractivity contribution in [3.05, 3.63) is 98.6 Å². The van der Waals surface area contributed by atoms with Crippen LogP contribution < -0.4 is 4.73 Å². The largest absolute Gasteiger partial charge is 0.338 e. The van der Waals surface area contributed by atoms with Crippen LogP contribution in [0.1, 0.15) is 57.0 Å². The summed E-state index contributed by atoms with van der Waals surface area (Å²) in [6, 6.07) is 13.8. The van der Waals surface area contributed by atoms with Crippen LogP contribution in [0.2, 0.25) is 5.02 Å². The molecule has 0 atom stereocenters. The van der Waals surface area contributed by atoms with Crippen LogP contribution in [-0.4, -0.2) is 34.1 Å². The Labute approximate surface area is 198 Å². The van der Waals surface area contributed by atoms with Crippen LogP contribution in [0, 0.1) is 13.8 Å². The molecule has 0 radical (unpaired) electrons. The fraction of sp³-hybridized carbons (Fsp3) is 0.296.